The number of likely N-dealkylation sites (tertiary alicyclic amines) is 1. The normalized spacial score (nSPS) is 17.7. The van der Waals surface area contributed by atoms with Crippen LogP contribution in [0.1, 0.15) is 49.7 Å². The number of carbonyl (C=O) groups is 2. The highest BCUT2D eigenvalue weighted by atomic mass is 79.9. The Kier molecular flexibility index (Phi) is 5.85. The van der Waals surface area contributed by atoms with Crippen molar-refractivity contribution in [3.8, 4) is 0 Å². The molecular weight excluding hydrogens is 374 g/mol. The molecule has 0 radical (unpaired) electrons. The number of ether oxygens (including phenoxy) is 1. The molecule has 0 unspecified atom stereocenters. The Hall–Kier alpha value is -1.63. The molecule has 1 atom stereocenters. The van der Waals surface area contributed by atoms with Crippen LogP contribution in [0.25, 0.3) is 0 Å². The number of nitrogens with zero attached hydrogens (tertiary/aromatic N) is 2. The van der Waals surface area contributed by atoms with Gasteiger partial charge in [0.25, 0.3) is 5.91 Å². The number of carbonyl (C=O) groups excluding carboxylic acids is 2. The molecule has 1 aliphatic heterocycles. The van der Waals surface area contributed by atoms with Gasteiger partial charge in [-0.05, 0) is 62.5 Å². The van der Waals surface area contributed by atoms with E-state index in [1.807, 2.05) is 27.7 Å². The minimum absolute atomic E-state index is 0.0364. The molecule has 2 amide bonds. The number of pyridine rings is 1. The van der Waals surface area contributed by atoms with E-state index in [2.05, 4.69) is 26.2 Å². The predicted molar refractivity (Wildman–Crippen MR) is 95.0 cm³/mol. The third-order valence-corrected chi connectivity index (χ3v) is 4.59. The molecule has 0 bridgehead atoms. The average Bonchev–Trinajstić information content (AvgIpc) is 2.94. The standard InChI is InChI=1S/C17H24BrN3O3/c1-11-14(18)8-12(9-19-11)15(22)20-10-13-6-5-7-21(13)16(23)24-17(2,3)4/h8-9,13H,5-7,10H2,1-4H3,(H,20,22)/t13-/m0/s1. The van der Waals surface area contributed by atoms with Crippen LogP contribution in [0.15, 0.2) is 16.7 Å². The first-order valence-electron chi connectivity index (χ1n) is 8.07. The van der Waals surface area contributed by atoms with E-state index in [0.717, 1.165) is 23.0 Å². The van der Waals surface area contributed by atoms with Gasteiger partial charge in [0, 0.05) is 23.8 Å². The van der Waals surface area contributed by atoms with Crippen molar-refractivity contribution in [2.45, 2.75) is 52.2 Å². The second-order valence-electron chi connectivity index (χ2n) is 6.97. The lowest BCUT2D eigenvalue weighted by molar-refractivity contribution is 0.0225. The van der Waals surface area contributed by atoms with E-state index >= 15 is 0 Å². The fraction of sp³-hybridized carbons (Fsp3) is 0.588. The summed E-state index contributed by atoms with van der Waals surface area (Å²) in [6, 6.07) is 1.71. The maximum Gasteiger partial charge on any atom is 0.410 e. The quantitative estimate of drug-likeness (QED) is 0.848. The molecule has 0 aliphatic carbocycles. The molecule has 1 aliphatic rings. The van der Waals surface area contributed by atoms with Gasteiger partial charge in [-0.25, -0.2) is 4.79 Å². The molecule has 1 aromatic rings. The molecule has 1 N–H and O–H groups in total. The van der Waals surface area contributed by atoms with Crippen molar-refractivity contribution in [1.29, 1.82) is 0 Å². The minimum atomic E-state index is -0.521. The maximum absolute atomic E-state index is 12.3. The van der Waals surface area contributed by atoms with Crippen molar-refractivity contribution in [1.82, 2.24) is 15.2 Å². The van der Waals surface area contributed by atoms with Crippen molar-refractivity contribution < 1.29 is 14.3 Å². The molecular formula is C17H24BrN3O3. The number of halogens is 1. The van der Waals surface area contributed by atoms with Crippen molar-refractivity contribution >= 4 is 27.9 Å². The number of hydrogen-bond acceptors (Lipinski definition) is 4. The summed E-state index contributed by atoms with van der Waals surface area (Å²) >= 11 is 3.38. The molecule has 0 saturated carbocycles. The number of rotatable bonds is 3. The van der Waals surface area contributed by atoms with Crippen molar-refractivity contribution in [2.24, 2.45) is 0 Å². The molecule has 0 aromatic carbocycles. The zero-order valence-corrected chi connectivity index (χ0v) is 16.1. The molecule has 2 heterocycles. The summed E-state index contributed by atoms with van der Waals surface area (Å²) in [5.41, 5.74) is 0.806. The van der Waals surface area contributed by atoms with Gasteiger partial charge in [-0.1, -0.05) is 0 Å². The Bertz CT molecular complexity index is 628. The van der Waals surface area contributed by atoms with E-state index in [0.29, 0.717) is 18.7 Å². The Morgan fingerprint density at radius 1 is 1.46 bits per heavy atom. The van der Waals surface area contributed by atoms with Crippen LogP contribution >= 0.6 is 15.9 Å². The second-order valence-corrected chi connectivity index (χ2v) is 7.83. The lowest BCUT2D eigenvalue weighted by atomic mass is 10.2. The fourth-order valence-electron chi connectivity index (χ4n) is 2.55. The molecule has 1 aromatic heterocycles. The fourth-order valence-corrected chi connectivity index (χ4v) is 2.90. The highest BCUT2D eigenvalue weighted by molar-refractivity contribution is 9.10. The molecule has 24 heavy (non-hydrogen) atoms. The van der Waals surface area contributed by atoms with Gasteiger partial charge >= 0.3 is 6.09 Å². The van der Waals surface area contributed by atoms with E-state index in [4.69, 9.17) is 4.74 Å². The lowest BCUT2D eigenvalue weighted by Gasteiger charge is -2.28. The second kappa shape index (κ2) is 7.51. The van der Waals surface area contributed by atoms with Crippen LogP contribution in [0.4, 0.5) is 4.79 Å². The summed E-state index contributed by atoms with van der Waals surface area (Å²) in [6.45, 7) is 8.47. The van der Waals surface area contributed by atoms with Crippen LogP contribution in [0, 0.1) is 6.92 Å². The van der Waals surface area contributed by atoms with E-state index in [-0.39, 0.29) is 18.0 Å². The van der Waals surface area contributed by atoms with E-state index in [9.17, 15) is 9.59 Å². The summed E-state index contributed by atoms with van der Waals surface area (Å²) in [5, 5.41) is 2.89. The molecule has 0 spiro atoms. The molecule has 6 nitrogen and oxygen atoms in total. The topological polar surface area (TPSA) is 71.5 Å². The number of amides is 2. The third kappa shape index (κ3) is 4.93. The van der Waals surface area contributed by atoms with Crippen LogP contribution in [0.2, 0.25) is 0 Å². The Labute approximate surface area is 151 Å². The van der Waals surface area contributed by atoms with Gasteiger partial charge in [0.05, 0.1) is 17.3 Å². The van der Waals surface area contributed by atoms with Gasteiger partial charge in [-0.3, -0.25) is 9.78 Å². The first-order chi connectivity index (χ1) is 11.2. The lowest BCUT2D eigenvalue weighted by Crippen LogP contribution is -2.45. The van der Waals surface area contributed by atoms with Gasteiger partial charge in [-0.15, -0.1) is 0 Å². The summed E-state index contributed by atoms with van der Waals surface area (Å²) in [5.74, 6) is -0.195. The number of aromatic nitrogens is 1. The maximum atomic E-state index is 12.3. The van der Waals surface area contributed by atoms with Crippen LogP contribution in [-0.2, 0) is 4.74 Å². The van der Waals surface area contributed by atoms with E-state index in [1.165, 1.54) is 0 Å². The number of nitrogens with one attached hydrogen (secondary N) is 1. The Morgan fingerprint density at radius 2 is 2.17 bits per heavy atom. The van der Waals surface area contributed by atoms with Gasteiger partial charge < -0.3 is 15.0 Å². The molecule has 132 valence electrons. The average molecular weight is 398 g/mol. The molecule has 1 saturated heterocycles. The predicted octanol–water partition coefficient (Wildman–Crippen LogP) is 3.28. The summed E-state index contributed by atoms with van der Waals surface area (Å²) in [6.07, 6.45) is 3.00. The van der Waals surface area contributed by atoms with Crippen LogP contribution in [0.3, 0.4) is 0 Å². The SMILES string of the molecule is Cc1ncc(C(=O)NC[C@@H]2CCCN2C(=O)OC(C)(C)C)cc1Br. The first kappa shape index (κ1) is 18.7. The number of aryl methyl sites for hydroxylation is 1. The largest absolute Gasteiger partial charge is 0.444 e. The monoisotopic (exact) mass is 397 g/mol. The summed E-state index contributed by atoms with van der Waals surface area (Å²) in [7, 11) is 0. The van der Waals surface area contributed by atoms with E-state index < -0.39 is 5.60 Å². The van der Waals surface area contributed by atoms with Crippen molar-refractivity contribution in [2.75, 3.05) is 13.1 Å². The van der Waals surface area contributed by atoms with Gasteiger partial charge in [-0.2, -0.15) is 0 Å². The number of hydrogen-bond donors (Lipinski definition) is 1. The zero-order valence-electron chi connectivity index (χ0n) is 14.6. The van der Waals surface area contributed by atoms with Crippen LogP contribution < -0.4 is 5.32 Å². The van der Waals surface area contributed by atoms with Crippen LogP contribution in [-0.4, -0.2) is 46.6 Å². The Balaban J connectivity index is 1.93. The third-order valence-electron chi connectivity index (χ3n) is 3.79. The highest BCUT2D eigenvalue weighted by Crippen LogP contribution is 2.20. The highest BCUT2D eigenvalue weighted by Gasteiger charge is 2.32. The first-order valence-corrected chi connectivity index (χ1v) is 8.86. The van der Waals surface area contributed by atoms with Gasteiger partial charge in [0.15, 0.2) is 0 Å². The zero-order chi connectivity index (χ0) is 17.9. The Morgan fingerprint density at radius 3 is 2.79 bits per heavy atom. The summed E-state index contributed by atoms with van der Waals surface area (Å²) < 4.78 is 6.23. The smallest absolute Gasteiger partial charge is 0.410 e. The van der Waals surface area contributed by atoms with E-state index in [1.54, 1.807) is 17.2 Å². The van der Waals surface area contributed by atoms with Gasteiger partial charge in [0.2, 0.25) is 0 Å². The minimum Gasteiger partial charge on any atom is -0.444 e. The van der Waals surface area contributed by atoms with Crippen molar-refractivity contribution in [3.63, 3.8) is 0 Å². The molecule has 7 heteroatoms. The molecule has 2 rings (SSSR count). The summed E-state index contributed by atoms with van der Waals surface area (Å²) in [4.78, 5) is 30.4. The van der Waals surface area contributed by atoms with Crippen LogP contribution in [0.5, 0.6) is 0 Å². The van der Waals surface area contributed by atoms with Gasteiger partial charge in [0.1, 0.15) is 5.60 Å². The molecule has 1 fully saturated rings. The van der Waals surface area contributed by atoms with Crippen molar-refractivity contribution in [3.05, 3.63) is 28.0 Å².